The Labute approximate surface area is 197 Å². The van der Waals surface area contributed by atoms with Crippen LogP contribution in [0.4, 0.5) is 18.0 Å². The number of piperidine rings is 1. The number of hydrogen-bond donors (Lipinski definition) is 1. The molecule has 4 nitrogen and oxygen atoms in total. The molecule has 2 saturated heterocycles. The highest BCUT2D eigenvalue weighted by Gasteiger charge is 2.51. The van der Waals surface area contributed by atoms with E-state index in [0.717, 1.165) is 42.6 Å². The fraction of sp³-hybridized carbons (Fsp3) is 0.296. The van der Waals surface area contributed by atoms with Crippen LogP contribution in [0.5, 0.6) is 0 Å². The highest BCUT2D eigenvalue weighted by molar-refractivity contribution is 5.80. The Hall–Kier alpha value is -3.32. The van der Waals surface area contributed by atoms with Gasteiger partial charge >= 0.3 is 6.03 Å². The molecule has 0 saturated carbocycles. The summed E-state index contributed by atoms with van der Waals surface area (Å²) in [5.74, 6) is -0.954. The van der Waals surface area contributed by atoms with Crippen molar-refractivity contribution in [1.29, 1.82) is 0 Å². The molecule has 2 aliphatic rings. The summed E-state index contributed by atoms with van der Waals surface area (Å²) in [4.78, 5) is 17.3. The molecule has 0 radical (unpaired) electrons. The Morgan fingerprint density at radius 2 is 1.41 bits per heavy atom. The lowest BCUT2D eigenvalue weighted by molar-refractivity contribution is 0.0853. The van der Waals surface area contributed by atoms with Crippen molar-refractivity contribution in [2.24, 2.45) is 0 Å². The van der Waals surface area contributed by atoms with Crippen LogP contribution in [0.25, 0.3) is 0 Å². The standard InChI is InChI=1S/C27H26F3N3O/c28-22-8-4-20(5-9-22)27(21-6-10-23(29)11-7-21)18-31-26(34)33(27)25-12-14-32(15-13-25)17-19-2-1-3-24(30)16-19/h1-11,16,25H,12-15,17-18H2,(H,31,34). The third-order valence-electron chi connectivity index (χ3n) is 6.99. The lowest BCUT2D eigenvalue weighted by atomic mass is 9.80. The molecule has 0 aliphatic carbocycles. The molecule has 7 heteroatoms. The summed E-state index contributed by atoms with van der Waals surface area (Å²) in [6.07, 6.45) is 1.49. The first-order valence-electron chi connectivity index (χ1n) is 11.5. The Kier molecular flexibility index (Phi) is 6.04. The van der Waals surface area contributed by atoms with Crippen LogP contribution in [-0.4, -0.2) is 41.5 Å². The Balaban J connectivity index is 1.43. The van der Waals surface area contributed by atoms with E-state index in [1.807, 2.05) is 11.0 Å². The van der Waals surface area contributed by atoms with Gasteiger partial charge in [0.2, 0.25) is 0 Å². The van der Waals surface area contributed by atoms with Gasteiger partial charge in [0.1, 0.15) is 23.0 Å². The van der Waals surface area contributed by atoms with Crippen molar-refractivity contribution >= 4 is 6.03 Å². The monoisotopic (exact) mass is 465 g/mol. The third-order valence-corrected chi connectivity index (χ3v) is 6.99. The molecule has 0 atom stereocenters. The smallest absolute Gasteiger partial charge is 0.318 e. The number of nitrogens with one attached hydrogen (secondary N) is 1. The fourth-order valence-electron chi connectivity index (χ4n) is 5.35. The molecule has 2 amide bonds. The predicted octanol–water partition coefficient (Wildman–Crippen LogP) is 5.04. The van der Waals surface area contributed by atoms with Crippen molar-refractivity contribution < 1.29 is 18.0 Å². The molecule has 2 heterocycles. The maximum atomic E-state index is 13.8. The van der Waals surface area contributed by atoms with E-state index in [2.05, 4.69) is 10.2 Å². The van der Waals surface area contributed by atoms with Crippen LogP contribution in [0.2, 0.25) is 0 Å². The number of amides is 2. The summed E-state index contributed by atoms with van der Waals surface area (Å²) in [6, 6.07) is 18.7. The van der Waals surface area contributed by atoms with Crippen molar-refractivity contribution in [3.8, 4) is 0 Å². The molecule has 5 rings (SSSR count). The van der Waals surface area contributed by atoms with E-state index in [4.69, 9.17) is 0 Å². The van der Waals surface area contributed by atoms with Gasteiger partial charge in [0.15, 0.2) is 0 Å². The summed E-state index contributed by atoms with van der Waals surface area (Å²) in [7, 11) is 0. The Bertz CT molecular complexity index is 1110. The van der Waals surface area contributed by atoms with E-state index in [1.54, 1.807) is 36.4 Å². The molecule has 0 aromatic heterocycles. The largest absolute Gasteiger partial charge is 0.335 e. The molecule has 3 aromatic carbocycles. The van der Waals surface area contributed by atoms with Gasteiger partial charge in [0, 0.05) is 25.7 Å². The van der Waals surface area contributed by atoms with E-state index in [-0.39, 0.29) is 29.5 Å². The summed E-state index contributed by atoms with van der Waals surface area (Å²) < 4.78 is 41.1. The third kappa shape index (κ3) is 4.16. The van der Waals surface area contributed by atoms with Gasteiger partial charge in [-0.25, -0.2) is 18.0 Å². The van der Waals surface area contributed by atoms with Crippen LogP contribution in [-0.2, 0) is 12.1 Å². The van der Waals surface area contributed by atoms with Crippen LogP contribution in [0.1, 0.15) is 29.5 Å². The van der Waals surface area contributed by atoms with Gasteiger partial charge in [-0.2, -0.15) is 0 Å². The molecule has 34 heavy (non-hydrogen) atoms. The second-order valence-electron chi connectivity index (χ2n) is 9.04. The van der Waals surface area contributed by atoms with E-state index in [9.17, 15) is 18.0 Å². The van der Waals surface area contributed by atoms with Gasteiger partial charge < -0.3 is 10.2 Å². The first-order valence-corrected chi connectivity index (χ1v) is 11.5. The van der Waals surface area contributed by atoms with Crippen LogP contribution >= 0.6 is 0 Å². The average molecular weight is 466 g/mol. The van der Waals surface area contributed by atoms with E-state index in [1.165, 1.54) is 30.3 Å². The van der Waals surface area contributed by atoms with Gasteiger partial charge in [-0.1, -0.05) is 36.4 Å². The number of rotatable bonds is 5. The number of carbonyl (C=O) groups excluding carboxylic acids is 1. The van der Waals surface area contributed by atoms with Gasteiger partial charge in [-0.05, 0) is 65.9 Å². The van der Waals surface area contributed by atoms with Crippen LogP contribution < -0.4 is 5.32 Å². The van der Waals surface area contributed by atoms with Gasteiger partial charge in [-0.3, -0.25) is 4.90 Å². The molecule has 0 unspecified atom stereocenters. The molecule has 0 bridgehead atoms. The molecule has 2 aliphatic heterocycles. The molecule has 1 N–H and O–H groups in total. The first-order chi connectivity index (χ1) is 16.5. The van der Waals surface area contributed by atoms with Crippen molar-refractivity contribution in [1.82, 2.24) is 15.1 Å². The lowest BCUT2D eigenvalue weighted by Gasteiger charge is -2.45. The highest BCUT2D eigenvalue weighted by atomic mass is 19.1. The molecule has 2 fully saturated rings. The fourth-order valence-corrected chi connectivity index (χ4v) is 5.35. The molecule has 0 spiro atoms. The summed E-state index contributed by atoms with van der Waals surface area (Å²) in [6.45, 7) is 2.48. The number of benzene rings is 3. The van der Waals surface area contributed by atoms with E-state index >= 15 is 0 Å². The SMILES string of the molecule is O=C1NCC(c2ccc(F)cc2)(c2ccc(F)cc2)N1C1CCN(Cc2cccc(F)c2)CC1. The quantitative estimate of drug-likeness (QED) is 0.573. The topological polar surface area (TPSA) is 35.6 Å². The normalized spacial score (nSPS) is 18.8. The number of urea groups is 1. The molecule has 3 aromatic rings. The van der Waals surface area contributed by atoms with Crippen LogP contribution in [0.3, 0.4) is 0 Å². The van der Waals surface area contributed by atoms with Crippen molar-refractivity contribution in [3.63, 3.8) is 0 Å². The van der Waals surface area contributed by atoms with Crippen molar-refractivity contribution in [2.45, 2.75) is 31.0 Å². The predicted molar refractivity (Wildman–Crippen MR) is 124 cm³/mol. The minimum atomic E-state index is -0.867. The number of carbonyl (C=O) groups is 1. The zero-order valence-corrected chi connectivity index (χ0v) is 18.7. The van der Waals surface area contributed by atoms with E-state index < -0.39 is 5.54 Å². The van der Waals surface area contributed by atoms with Gasteiger partial charge in [0.25, 0.3) is 0 Å². The maximum absolute atomic E-state index is 13.8. The summed E-state index contributed by atoms with van der Waals surface area (Å²) in [5.41, 5.74) is 1.61. The summed E-state index contributed by atoms with van der Waals surface area (Å²) >= 11 is 0. The zero-order chi connectivity index (χ0) is 23.7. The first kappa shape index (κ1) is 22.5. The number of likely N-dealkylation sites (tertiary alicyclic amines) is 1. The minimum Gasteiger partial charge on any atom is -0.335 e. The van der Waals surface area contributed by atoms with Gasteiger partial charge in [0.05, 0.1) is 6.54 Å². The Morgan fingerprint density at radius 1 is 0.824 bits per heavy atom. The second-order valence-corrected chi connectivity index (χ2v) is 9.04. The van der Waals surface area contributed by atoms with Crippen molar-refractivity contribution in [2.75, 3.05) is 19.6 Å². The zero-order valence-electron chi connectivity index (χ0n) is 18.7. The second kappa shape index (κ2) is 9.14. The van der Waals surface area contributed by atoms with Crippen LogP contribution in [0, 0.1) is 17.5 Å². The maximum Gasteiger partial charge on any atom is 0.318 e. The number of halogens is 3. The van der Waals surface area contributed by atoms with Crippen LogP contribution in [0.15, 0.2) is 72.8 Å². The Morgan fingerprint density at radius 3 is 1.97 bits per heavy atom. The average Bonchev–Trinajstić information content (AvgIpc) is 3.18. The van der Waals surface area contributed by atoms with Crippen molar-refractivity contribution in [3.05, 3.63) is 107 Å². The molecule has 176 valence electrons. The molecular weight excluding hydrogens is 439 g/mol. The summed E-state index contributed by atoms with van der Waals surface area (Å²) in [5, 5.41) is 2.99. The number of hydrogen-bond acceptors (Lipinski definition) is 2. The van der Waals surface area contributed by atoms with Gasteiger partial charge in [-0.15, -0.1) is 0 Å². The molecular formula is C27H26F3N3O. The lowest BCUT2D eigenvalue weighted by Crippen LogP contribution is -2.54. The minimum absolute atomic E-state index is 0.0543. The number of nitrogens with zero attached hydrogens (tertiary/aromatic N) is 2. The van der Waals surface area contributed by atoms with E-state index in [0.29, 0.717) is 13.1 Å². The highest BCUT2D eigenvalue weighted by Crippen LogP contribution is 2.42.